The zero-order valence-corrected chi connectivity index (χ0v) is 25.3. The molecule has 3 N–H and O–H groups in total. The first-order valence-electron chi connectivity index (χ1n) is 13.4. The van der Waals surface area contributed by atoms with E-state index >= 15 is 0 Å². The van der Waals surface area contributed by atoms with Crippen LogP contribution in [0.3, 0.4) is 0 Å². The third kappa shape index (κ3) is 7.39. The van der Waals surface area contributed by atoms with Crippen molar-refractivity contribution in [3.05, 3.63) is 62.9 Å². The van der Waals surface area contributed by atoms with E-state index in [4.69, 9.17) is 14.6 Å². The third-order valence-corrected chi connectivity index (χ3v) is 8.89. The van der Waals surface area contributed by atoms with Gasteiger partial charge >= 0.3 is 18.0 Å². The first kappa shape index (κ1) is 30.4. The zero-order chi connectivity index (χ0) is 29.5. The SMILES string of the molecule is COc1ccc(Br)cc1CCNC(=O)N(c1cccc(-c2sc(C(=O)O)c(OCC(=O)O)c2C)c1)C1CCCCC1. The summed E-state index contributed by atoms with van der Waals surface area (Å²) in [6.45, 7) is 1.49. The second kappa shape index (κ2) is 13.9. The Labute approximate surface area is 251 Å². The van der Waals surface area contributed by atoms with Gasteiger partial charge in [0.2, 0.25) is 0 Å². The number of halogens is 1. The van der Waals surface area contributed by atoms with Gasteiger partial charge in [-0.3, -0.25) is 4.90 Å². The molecule has 2 amide bonds. The number of ether oxygens (including phenoxy) is 2. The highest BCUT2D eigenvalue weighted by molar-refractivity contribution is 9.10. The first-order chi connectivity index (χ1) is 19.7. The summed E-state index contributed by atoms with van der Waals surface area (Å²) < 4.78 is 11.8. The topological polar surface area (TPSA) is 125 Å². The van der Waals surface area contributed by atoms with Crippen molar-refractivity contribution in [3.8, 4) is 21.9 Å². The van der Waals surface area contributed by atoms with Crippen molar-refractivity contribution in [2.45, 2.75) is 51.5 Å². The first-order valence-corrected chi connectivity index (χ1v) is 15.0. The lowest BCUT2D eigenvalue weighted by Gasteiger charge is -2.34. The molecule has 3 aromatic rings. The number of hydrogen-bond acceptors (Lipinski definition) is 6. The molecule has 0 spiro atoms. The number of urea groups is 1. The summed E-state index contributed by atoms with van der Waals surface area (Å²) in [6.07, 6.45) is 5.61. The molecule has 1 aliphatic carbocycles. The van der Waals surface area contributed by atoms with Crippen LogP contribution < -0.4 is 19.7 Å². The lowest BCUT2D eigenvalue weighted by molar-refractivity contribution is -0.139. The van der Waals surface area contributed by atoms with Crippen LogP contribution in [0.15, 0.2) is 46.9 Å². The van der Waals surface area contributed by atoms with Gasteiger partial charge in [0.25, 0.3) is 0 Å². The minimum absolute atomic E-state index is 0.0351. The van der Waals surface area contributed by atoms with Gasteiger partial charge in [-0.2, -0.15) is 0 Å². The number of nitrogens with one attached hydrogen (secondary N) is 1. The number of thiophene rings is 1. The van der Waals surface area contributed by atoms with Crippen molar-refractivity contribution in [1.29, 1.82) is 0 Å². The van der Waals surface area contributed by atoms with Gasteiger partial charge < -0.3 is 25.0 Å². The smallest absolute Gasteiger partial charge is 0.349 e. The van der Waals surface area contributed by atoms with Gasteiger partial charge in [-0.15, -0.1) is 11.3 Å². The number of anilines is 1. The maximum atomic E-state index is 13.7. The number of carboxylic acids is 2. The van der Waals surface area contributed by atoms with E-state index in [9.17, 15) is 19.5 Å². The van der Waals surface area contributed by atoms with Gasteiger partial charge in [0.15, 0.2) is 11.5 Å². The Morgan fingerprint density at radius 1 is 1.10 bits per heavy atom. The lowest BCUT2D eigenvalue weighted by Crippen LogP contribution is -2.47. The molecule has 0 aliphatic heterocycles. The molecule has 1 fully saturated rings. The van der Waals surface area contributed by atoms with Crippen molar-refractivity contribution < 1.29 is 34.1 Å². The second-order valence-electron chi connectivity index (χ2n) is 9.85. The number of amides is 2. The van der Waals surface area contributed by atoms with Gasteiger partial charge in [-0.05, 0) is 67.6 Å². The Kier molecular flexibility index (Phi) is 10.3. The number of methoxy groups -OCH3 is 1. The molecule has 0 bridgehead atoms. The van der Waals surface area contributed by atoms with Crippen molar-refractivity contribution >= 4 is 50.9 Å². The monoisotopic (exact) mass is 644 g/mol. The summed E-state index contributed by atoms with van der Waals surface area (Å²) in [7, 11) is 1.62. The van der Waals surface area contributed by atoms with Crippen LogP contribution in [0.5, 0.6) is 11.5 Å². The Balaban J connectivity index is 1.61. The number of rotatable bonds is 11. The van der Waals surface area contributed by atoms with Crippen LogP contribution in [0.1, 0.15) is 52.9 Å². The highest BCUT2D eigenvalue weighted by Gasteiger charge is 2.28. The molecule has 1 heterocycles. The fourth-order valence-electron chi connectivity index (χ4n) is 5.18. The molecule has 0 saturated heterocycles. The summed E-state index contributed by atoms with van der Waals surface area (Å²) in [4.78, 5) is 39.1. The maximum absolute atomic E-state index is 13.7. The summed E-state index contributed by atoms with van der Waals surface area (Å²) in [6, 6.07) is 13.1. The standard InChI is InChI=1S/C30H33BrN2O7S/c1-18-26(40-17-25(34)35)28(29(36)37)41-27(18)20-7-6-10-23(16-20)33(22-8-4-3-5-9-22)30(38)32-14-13-19-15-21(31)11-12-24(19)39-2/h6-7,10-12,15-16,22H,3-5,8-9,13-14,17H2,1-2H3,(H,32,38)(H,34,35)(H,36,37). The van der Waals surface area contributed by atoms with Gasteiger partial charge in [0.1, 0.15) is 11.5 Å². The van der Waals surface area contributed by atoms with Gasteiger partial charge in [-0.1, -0.05) is 47.3 Å². The van der Waals surface area contributed by atoms with Crippen LogP contribution in [-0.4, -0.2) is 54.5 Å². The second-order valence-corrected chi connectivity index (χ2v) is 11.8. The lowest BCUT2D eigenvalue weighted by atomic mass is 9.93. The van der Waals surface area contributed by atoms with Crippen molar-refractivity contribution in [3.63, 3.8) is 0 Å². The van der Waals surface area contributed by atoms with Gasteiger partial charge in [0, 0.05) is 33.2 Å². The molecule has 1 aromatic heterocycles. The van der Waals surface area contributed by atoms with Crippen molar-refractivity contribution in [2.75, 3.05) is 25.2 Å². The summed E-state index contributed by atoms with van der Waals surface area (Å²) >= 11 is 4.52. The number of benzene rings is 2. The van der Waals surface area contributed by atoms with Crippen LogP contribution in [0.2, 0.25) is 0 Å². The molecule has 1 aliphatic rings. The molecule has 218 valence electrons. The van der Waals surface area contributed by atoms with Gasteiger partial charge in [-0.25, -0.2) is 14.4 Å². The molecular formula is C30H33BrN2O7S. The van der Waals surface area contributed by atoms with Crippen LogP contribution in [0.25, 0.3) is 10.4 Å². The number of carbonyl (C=O) groups excluding carboxylic acids is 1. The predicted molar refractivity (Wildman–Crippen MR) is 162 cm³/mol. The normalized spacial score (nSPS) is 13.4. The number of aliphatic carboxylic acids is 1. The van der Waals surface area contributed by atoms with E-state index in [1.807, 2.05) is 47.4 Å². The quantitative estimate of drug-likeness (QED) is 0.211. The zero-order valence-electron chi connectivity index (χ0n) is 22.9. The molecule has 9 nitrogen and oxygen atoms in total. The Morgan fingerprint density at radius 3 is 2.54 bits per heavy atom. The third-order valence-electron chi connectivity index (χ3n) is 7.08. The van der Waals surface area contributed by atoms with E-state index in [1.54, 1.807) is 14.0 Å². The average Bonchev–Trinajstić information content (AvgIpc) is 3.29. The Morgan fingerprint density at radius 2 is 1.85 bits per heavy atom. The minimum atomic E-state index is -1.19. The molecule has 0 radical (unpaired) electrons. The average molecular weight is 646 g/mol. The Bertz CT molecular complexity index is 1420. The molecule has 4 rings (SSSR count). The molecule has 11 heteroatoms. The molecule has 2 aromatic carbocycles. The molecule has 0 unspecified atom stereocenters. The van der Waals surface area contributed by atoms with Crippen LogP contribution in [-0.2, 0) is 11.2 Å². The molecule has 1 saturated carbocycles. The van der Waals surface area contributed by atoms with E-state index in [2.05, 4.69) is 21.2 Å². The fourth-order valence-corrected chi connectivity index (χ4v) is 6.68. The van der Waals surface area contributed by atoms with Gasteiger partial charge in [0.05, 0.1) is 7.11 Å². The fraction of sp³-hybridized carbons (Fsp3) is 0.367. The van der Waals surface area contributed by atoms with E-state index in [-0.39, 0.29) is 22.7 Å². The largest absolute Gasteiger partial charge is 0.496 e. The highest BCUT2D eigenvalue weighted by Crippen LogP contribution is 2.42. The maximum Gasteiger partial charge on any atom is 0.349 e. The molecular weight excluding hydrogens is 612 g/mol. The van der Waals surface area contributed by atoms with E-state index in [0.717, 1.165) is 64.8 Å². The number of aromatic carboxylic acids is 1. The summed E-state index contributed by atoms with van der Waals surface area (Å²) in [5.74, 6) is -1.57. The summed E-state index contributed by atoms with van der Waals surface area (Å²) in [5, 5.41) is 21.9. The Hall–Kier alpha value is -3.57. The van der Waals surface area contributed by atoms with E-state index in [0.29, 0.717) is 29.1 Å². The number of carbonyl (C=O) groups is 3. The molecule has 41 heavy (non-hydrogen) atoms. The van der Waals surface area contributed by atoms with Crippen LogP contribution >= 0.6 is 27.3 Å². The van der Waals surface area contributed by atoms with E-state index in [1.165, 1.54) is 0 Å². The highest BCUT2D eigenvalue weighted by atomic mass is 79.9. The minimum Gasteiger partial charge on any atom is -0.496 e. The van der Waals surface area contributed by atoms with Crippen LogP contribution in [0.4, 0.5) is 10.5 Å². The summed E-state index contributed by atoms with van der Waals surface area (Å²) in [5.41, 5.74) is 2.97. The van der Waals surface area contributed by atoms with Crippen molar-refractivity contribution in [1.82, 2.24) is 5.32 Å². The number of hydrogen-bond donors (Lipinski definition) is 3. The number of nitrogens with zero attached hydrogens (tertiary/aromatic N) is 1. The molecule has 0 atom stereocenters. The van der Waals surface area contributed by atoms with Crippen molar-refractivity contribution in [2.24, 2.45) is 0 Å². The predicted octanol–water partition coefficient (Wildman–Crippen LogP) is 6.75. The van der Waals surface area contributed by atoms with Crippen LogP contribution in [0, 0.1) is 6.92 Å². The number of carboxylic acid groups (broad SMARTS) is 2. The van der Waals surface area contributed by atoms with E-state index < -0.39 is 18.5 Å².